The fraction of sp³-hybridized carbons (Fsp3) is 0.421. The second-order valence-corrected chi connectivity index (χ2v) is 9.68. The number of nitrogens with one attached hydrogen (secondary N) is 2. The highest BCUT2D eigenvalue weighted by Gasteiger charge is 2.27. The molecule has 4 rings (SSSR count). The Morgan fingerprint density at radius 3 is 2.81 bits per heavy atom. The van der Waals surface area contributed by atoms with E-state index in [4.69, 9.17) is 0 Å². The number of sulfonamides is 1. The molecule has 0 bridgehead atoms. The normalized spacial score (nSPS) is 17.4. The van der Waals surface area contributed by atoms with Gasteiger partial charge in [0.25, 0.3) is 0 Å². The number of H-pyrrole nitrogens is 1. The molecule has 1 aliphatic heterocycles. The molecule has 0 aliphatic carbocycles. The minimum atomic E-state index is -3.26. The largest absolute Gasteiger partial charge is 0.365 e. The summed E-state index contributed by atoms with van der Waals surface area (Å²) in [4.78, 5) is 22.7. The molecule has 3 aromatic rings. The Morgan fingerprint density at radius 1 is 1.29 bits per heavy atom. The van der Waals surface area contributed by atoms with E-state index in [0.717, 1.165) is 12.8 Å². The summed E-state index contributed by atoms with van der Waals surface area (Å²) in [6, 6.07) is 2.00. The van der Waals surface area contributed by atoms with Gasteiger partial charge in [-0.1, -0.05) is 0 Å². The van der Waals surface area contributed by atoms with Crippen LogP contribution in [0.25, 0.3) is 22.4 Å². The zero-order valence-corrected chi connectivity index (χ0v) is 18.3. The Hall–Kier alpha value is -3.30. The predicted octanol–water partition coefficient (Wildman–Crippen LogP) is 1.19. The van der Waals surface area contributed by atoms with Crippen LogP contribution in [0.2, 0.25) is 0 Å². The summed E-state index contributed by atoms with van der Waals surface area (Å²) >= 11 is 0. The maximum absolute atomic E-state index is 12.0. The second-order valence-electron chi connectivity index (χ2n) is 7.70. The van der Waals surface area contributed by atoms with Gasteiger partial charge in [-0.05, 0) is 12.8 Å². The molecule has 0 radical (unpaired) electrons. The smallest absolute Gasteiger partial charge is 0.226 e. The van der Waals surface area contributed by atoms with E-state index < -0.39 is 10.0 Å². The van der Waals surface area contributed by atoms with Crippen molar-refractivity contribution in [3.05, 3.63) is 24.2 Å². The maximum Gasteiger partial charge on any atom is 0.226 e. The van der Waals surface area contributed by atoms with Crippen LogP contribution in [-0.4, -0.2) is 77.1 Å². The predicted molar refractivity (Wildman–Crippen MR) is 117 cm³/mol. The Morgan fingerprint density at radius 2 is 2.10 bits per heavy atom. The molecule has 0 aromatic carbocycles. The van der Waals surface area contributed by atoms with E-state index >= 15 is 0 Å². The van der Waals surface area contributed by atoms with E-state index in [1.54, 1.807) is 23.5 Å². The van der Waals surface area contributed by atoms with Crippen LogP contribution < -0.4 is 10.2 Å². The van der Waals surface area contributed by atoms with Crippen LogP contribution in [-0.2, 0) is 10.0 Å². The molecule has 162 valence electrons. The molecule has 1 unspecified atom stereocenters. The van der Waals surface area contributed by atoms with E-state index in [2.05, 4.69) is 36.3 Å². The minimum absolute atomic E-state index is 0.106. The number of anilines is 2. The molecule has 4 heterocycles. The maximum atomic E-state index is 12.0. The van der Waals surface area contributed by atoms with Crippen molar-refractivity contribution in [2.45, 2.75) is 18.9 Å². The fourth-order valence-corrected chi connectivity index (χ4v) is 4.46. The Labute approximate surface area is 180 Å². The molecule has 1 fully saturated rings. The number of aromatic amines is 1. The van der Waals surface area contributed by atoms with Gasteiger partial charge in [-0.15, -0.1) is 0 Å². The third-order valence-electron chi connectivity index (χ3n) is 5.15. The van der Waals surface area contributed by atoms with Crippen molar-refractivity contribution in [1.29, 1.82) is 5.26 Å². The lowest BCUT2D eigenvalue weighted by atomic mass is 10.1. The number of hydrogen-bond donors (Lipinski definition) is 2. The molecule has 0 saturated carbocycles. The number of aromatic nitrogens is 5. The molecule has 31 heavy (non-hydrogen) atoms. The summed E-state index contributed by atoms with van der Waals surface area (Å²) in [7, 11) is 0.421. The van der Waals surface area contributed by atoms with Crippen LogP contribution in [0.1, 0.15) is 18.4 Å². The Balaban J connectivity index is 1.73. The summed E-state index contributed by atoms with van der Waals surface area (Å²) in [5, 5.41) is 12.7. The number of rotatable bonds is 5. The van der Waals surface area contributed by atoms with Crippen LogP contribution >= 0.6 is 0 Å². The fourth-order valence-electron chi connectivity index (χ4n) is 3.55. The quantitative estimate of drug-likeness (QED) is 0.596. The SMILES string of the molecule is CN(C)c1ncc(-c2cnc3[nH]cc(C#N)c3n2)c(NC2CCCN(S(C)(=O)=O)C2)n1. The van der Waals surface area contributed by atoms with E-state index in [9.17, 15) is 13.7 Å². The van der Waals surface area contributed by atoms with Gasteiger partial charge >= 0.3 is 0 Å². The number of hydrogen-bond acceptors (Lipinski definition) is 9. The number of nitrogens with zero attached hydrogens (tertiary/aromatic N) is 7. The van der Waals surface area contributed by atoms with Gasteiger partial charge in [0.1, 0.15) is 17.4 Å². The highest BCUT2D eigenvalue weighted by molar-refractivity contribution is 7.88. The third-order valence-corrected chi connectivity index (χ3v) is 6.42. The van der Waals surface area contributed by atoms with Crippen molar-refractivity contribution >= 4 is 33.0 Å². The lowest BCUT2D eigenvalue weighted by molar-refractivity contribution is 0.329. The van der Waals surface area contributed by atoms with Gasteiger partial charge < -0.3 is 15.2 Å². The summed E-state index contributed by atoms with van der Waals surface area (Å²) in [6.45, 7) is 0.879. The van der Waals surface area contributed by atoms with Crippen LogP contribution in [0, 0.1) is 11.3 Å². The Kier molecular flexibility index (Phi) is 5.47. The van der Waals surface area contributed by atoms with E-state index in [1.165, 1.54) is 10.6 Å². The van der Waals surface area contributed by atoms with E-state index in [1.807, 2.05) is 14.1 Å². The van der Waals surface area contributed by atoms with Crippen LogP contribution in [0.5, 0.6) is 0 Å². The zero-order chi connectivity index (χ0) is 22.2. The second kappa shape index (κ2) is 8.09. The molecule has 0 spiro atoms. The first kappa shape index (κ1) is 21.0. The van der Waals surface area contributed by atoms with Crippen molar-refractivity contribution in [2.75, 3.05) is 43.7 Å². The van der Waals surface area contributed by atoms with Crippen molar-refractivity contribution in [3.8, 4) is 17.3 Å². The molecule has 11 nitrogen and oxygen atoms in total. The highest BCUT2D eigenvalue weighted by Crippen LogP contribution is 2.29. The van der Waals surface area contributed by atoms with Gasteiger partial charge in [-0.3, -0.25) is 0 Å². The summed E-state index contributed by atoms with van der Waals surface area (Å²) in [5.74, 6) is 1.05. The standard InChI is InChI=1S/C19H23N9O2S/c1-27(2)19-23-9-14(15-10-22-18-16(25-15)12(7-20)8-21-18)17(26-19)24-13-5-4-6-28(11-13)31(3,29)30/h8-10,13H,4-6,11H2,1-3H3,(H,21,22)(H,23,24,26). The average Bonchev–Trinajstić information content (AvgIpc) is 3.15. The zero-order valence-electron chi connectivity index (χ0n) is 17.5. The van der Waals surface area contributed by atoms with Gasteiger partial charge in [0.05, 0.1) is 29.3 Å². The third kappa shape index (κ3) is 4.28. The topological polar surface area (TPSA) is 144 Å². The first-order valence-electron chi connectivity index (χ1n) is 9.77. The summed E-state index contributed by atoms with van der Waals surface area (Å²) < 4.78 is 25.5. The van der Waals surface area contributed by atoms with Gasteiger partial charge in [-0.25, -0.2) is 27.7 Å². The first-order chi connectivity index (χ1) is 14.8. The van der Waals surface area contributed by atoms with Crippen LogP contribution in [0.3, 0.4) is 0 Å². The van der Waals surface area contributed by atoms with Gasteiger partial charge in [0.2, 0.25) is 16.0 Å². The molecule has 2 N–H and O–H groups in total. The van der Waals surface area contributed by atoms with Crippen molar-refractivity contribution in [1.82, 2.24) is 29.2 Å². The molecular weight excluding hydrogens is 418 g/mol. The molecular formula is C19H23N9O2S. The van der Waals surface area contributed by atoms with E-state index in [-0.39, 0.29) is 6.04 Å². The first-order valence-corrected chi connectivity index (χ1v) is 11.6. The van der Waals surface area contributed by atoms with Crippen molar-refractivity contribution in [2.24, 2.45) is 0 Å². The monoisotopic (exact) mass is 441 g/mol. The summed E-state index contributed by atoms with van der Waals surface area (Å²) in [6.07, 6.45) is 7.63. The van der Waals surface area contributed by atoms with Crippen LogP contribution in [0.4, 0.5) is 11.8 Å². The van der Waals surface area contributed by atoms with Crippen molar-refractivity contribution < 1.29 is 8.42 Å². The van der Waals surface area contributed by atoms with Gasteiger partial charge in [0.15, 0.2) is 5.65 Å². The molecule has 0 amide bonds. The molecule has 1 saturated heterocycles. The highest BCUT2D eigenvalue weighted by atomic mass is 32.2. The van der Waals surface area contributed by atoms with Gasteiger partial charge in [-0.2, -0.15) is 10.2 Å². The molecule has 12 heteroatoms. The Bertz CT molecular complexity index is 1260. The molecule has 1 aliphatic rings. The average molecular weight is 442 g/mol. The lowest BCUT2D eigenvalue weighted by Gasteiger charge is -2.32. The summed E-state index contributed by atoms with van der Waals surface area (Å²) in [5.41, 5.74) is 2.55. The van der Waals surface area contributed by atoms with Gasteiger partial charge in [0, 0.05) is 45.6 Å². The number of nitriles is 1. The number of fused-ring (bicyclic) bond motifs is 1. The van der Waals surface area contributed by atoms with E-state index in [0.29, 0.717) is 52.8 Å². The van der Waals surface area contributed by atoms with Crippen molar-refractivity contribution in [3.63, 3.8) is 0 Å². The molecule has 3 aromatic heterocycles. The number of piperidine rings is 1. The van der Waals surface area contributed by atoms with Crippen LogP contribution in [0.15, 0.2) is 18.6 Å². The lowest BCUT2D eigenvalue weighted by Crippen LogP contribution is -2.44. The minimum Gasteiger partial charge on any atom is -0.365 e. The molecule has 1 atom stereocenters.